The van der Waals surface area contributed by atoms with Crippen LogP contribution in [0.3, 0.4) is 0 Å². The molecule has 64 heavy (non-hydrogen) atoms. The van der Waals surface area contributed by atoms with Crippen molar-refractivity contribution in [3.05, 3.63) is 82.9 Å². The first-order valence-electron chi connectivity index (χ1n) is 21.3. The van der Waals surface area contributed by atoms with E-state index in [1.807, 2.05) is 6.92 Å². The van der Waals surface area contributed by atoms with Gasteiger partial charge in [-0.25, -0.2) is 14.4 Å². The van der Waals surface area contributed by atoms with Crippen LogP contribution in [0.2, 0.25) is 0 Å². The third-order valence-electron chi connectivity index (χ3n) is 13.0. The second-order valence-electron chi connectivity index (χ2n) is 18.5. The van der Waals surface area contributed by atoms with Crippen molar-refractivity contribution < 1.29 is 77.6 Å². The molecule has 3 aliphatic carbocycles. The molecule has 2 aromatic carbocycles. The van der Waals surface area contributed by atoms with Crippen LogP contribution in [0.25, 0.3) is 0 Å². The molecule has 17 nitrogen and oxygen atoms in total. The van der Waals surface area contributed by atoms with Crippen LogP contribution in [-0.2, 0) is 47.6 Å². The lowest BCUT2D eigenvalue weighted by molar-refractivity contribution is -0.346. The van der Waals surface area contributed by atoms with Crippen LogP contribution < -0.4 is 5.32 Å². The number of Topliss-reactive ketones (excluding diaryl/α,β-unsaturated/α-hetero) is 1. The number of rotatable bonds is 11. The van der Waals surface area contributed by atoms with Crippen LogP contribution in [0.5, 0.6) is 0 Å². The zero-order valence-corrected chi connectivity index (χ0v) is 37.7. The molecule has 0 radical (unpaired) electrons. The smallest absolute Gasteiger partial charge is 0.408 e. The van der Waals surface area contributed by atoms with Crippen molar-refractivity contribution >= 4 is 36.3 Å². The highest BCUT2D eigenvalue weighted by molar-refractivity contribution is 5.94. The first kappa shape index (κ1) is 49.8. The predicted octanol–water partition coefficient (Wildman–Crippen LogP) is 3.83. The van der Waals surface area contributed by atoms with E-state index in [0.717, 1.165) is 13.3 Å². The fourth-order valence-corrected chi connectivity index (χ4v) is 9.73. The summed E-state index contributed by atoms with van der Waals surface area (Å²) in [6.45, 7) is 14.7. The van der Waals surface area contributed by atoms with Crippen molar-refractivity contribution in [3.63, 3.8) is 0 Å². The van der Waals surface area contributed by atoms with E-state index >= 15 is 0 Å². The van der Waals surface area contributed by atoms with Gasteiger partial charge in [0.2, 0.25) is 0 Å². The quantitative estimate of drug-likeness (QED) is 0.0707. The number of fused-ring (bicyclic) bond motifs is 5. The number of hydrogen-bond donors (Lipinski definition) is 5. The number of aliphatic hydroxyl groups is 4. The Labute approximate surface area is 372 Å². The molecule has 2 bridgehead atoms. The Balaban J connectivity index is 0.00000120. The molecule has 5 N–H and O–H groups in total. The van der Waals surface area contributed by atoms with E-state index in [9.17, 15) is 49.2 Å². The molecule has 0 spiro atoms. The maximum absolute atomic E-state index is 14.9. The zero-order valence-electron chi connectivity index (χ0n) is 37.7. The first-order chi connectivity index (χ1) is 29.9. The van der Waals surface area contributed by atoms with E-state index in [2.05, 4.69) is 10.1 Å². The number of alkyl carbamates (subject to hydrolysis) is 1. The summed E-state index contributed by atoms with van der Waals surface area (Å²) in [5.41, 5.74) is -8.14. The van der Waals surface area contributed by atoms with Crippen molar-refractivity contribution in [3.8, 4) is 0 Å². The van der Waals surface area contributed by atoms with Crippen molar-refractivity contribution in [2.24, 2.45) is 16.7 Å². The van der Waals surface area contributed by atoms with Crippen LogP contribution in [0.1, 0.15) is 104 Å². The van der Waals surface area contributed by atoms with E-state index in [1.165, 1.54) is 26.0 Å². The number of ketones is 1. The number of carbonyl (C=O) groups is 6. The minimum absolute atomic E-state index is 0.0637. The molecule has 2 aromatic rings. The van der Waals surface area contributed by atoms with E-state index in [0.29, 0.717) is 18.6 Å². The van der Waals surface area contributed by atoms with Gasteiger partial charge < -0.3 is 54.2 Å². The molecule has 350 valence electrons. The topological polar surface area (TPSA) is 251 Å². The highest BCUT2D eigenvalue weighted by atomic mass is 16.6. The molecule has 1 saturated heterocycles. The summed E-state index contributed by atoms with van der Waals surface area (Å²) in [6.07, 6.45) is -10.6. The van der Waals surface area contributed by atoms with Crippen molar-refractivity contribution in [1.82, 2.24) is 5.32 Å². The molecule has 1 heterocycles. The fraction of sp³-hybridized carbons (Fsp3) is 0.574. The van der Waals surface area contributed by atoms with Crippen LogP contribution in [0, 0.1) is 16.7 Å². The Kier molecular flexibility index (Phi) is 14.9. The molecule has 3 fully saturated rings. The van der Waals surface area contributed by atoms with Crippen molar-refractivity contribution in [2.45, 2.75) is 141 Å². The van der Waals surface area contributed by atoms with Gasteiger partial charge in [-0.15, -0.1) is 0 Å². The third kappa shape index (κ3) is 9.31. The van der Waals surface area contributed by atoms with Gasteiger partial charge in [0, 0.05) is 25.2 Å². The number of ether oxygens (including phenoxy) is 6. The van der Waals surface area contributed by atoms with E-state index in [1.54, 1.807) is 83.1 Å². The SMILES string of the molecule is CC(=O)O[C@@]12CO[C@@H]1C[C@H](O)[C@@]1(C)C(=O)[C@H](O)C3=C(C)[C@@H](OC(=O)[C@H](O)[C@@H](NC(=O)OC(C)(C)C)c4ccccc4)C[C@@](O)([C@@H](OC(=O)c4ccccc4)[C@H]21)C3(C)C.CCCOC=O. The number of nitrogens with one attached hydrogen (secondary N) is 1. The van der Waals surface area contributed by atoms with Crippen LogP contribution in [0.15, 0.2) is 71.8 Å². The number of amides is 1. The molecule has 0 unspecified atom stereocenters. The molecule has 4 aliphatic rings. The minimum Gasteiger partial charge on any atom is -0.468 e. The van der Waals surface area contributed by atoms with Gasteiger partial charge in [0.05, 0.1) is 42.3 Å². The molecule has 1 amide bonds. The van der Waals surface area contributed by atoms with Crippen LogP contribution >= 0.6 is 0 Å². The maximum Gasteiger partial charge on any atom is 0.408 e. The molecule has 6 rings (SSSR count). The lowest BCUT2D eigenvalue weighted by atomic mass is 9.44. The Morgan fingerprint density at radius 3 is 2.11 bits per heavy atom. The average molecular weight is 896 g/mol. The Bertz CT molecular complexity index is 2080. The molecule has 17 heteroatoms. The standard InChI is InChI=1S/C43H53NO14.C4H8O2/c1-22-26(55-37(51)32(48)30(24-15-11-9-12-16-24)44-38(52)58-39(3,4)5)20-43(53)35(56-36(50)25-17-13-10-14-18-25)33-41(8,34(49)31(47)29(22)40(43,6)7)27(46)19-28-42(33,21-54-28)57-23(2)45;1-2-3-6-4-5/h9-18,26-28,30-33,35,46-48,53H,19-21H2,1-8H3,(H,44,52);4H,2-3H2,1H3/t26-,27-,28+,30-,31+,32+,33-,35-,41+,42-,43+;/m0./s1. The normalized spacial score (nSPS) is 31.2. The maximum atomic E-state index is 14.9. The van der Waals surface area contributed by atoms with Gasteiger partial charge >= 0.3 is 24.0 Å². The molecule has 0 aromatic heterocycles. The number of esters is 3. The summed E-state index contributed by atoms with van der Waals surface area (Å²) in [5.74, 6) is -5.36. The van der Waals surface area contributed by atoms with Gasteiger partial charge in [0.25, 0.3) is 6.47 Å². The number of aliphatic hydroxyl groups excluding tert-OH is 3. The van der Waals surface area contributed by atoms with Gasteiger partial charge in [0.1, 0.15) is 35.6 Å². The van der Waals surface area contributed by atoms with Crippen LogP contribution in [0.4, 0.5) is 4.79 Å². The number of carbonyl (C=O) groups excluding carboxylic acids is 6. The Morgan fingerprint density at radius 1 is 0.984 bits per heavy atom. The second-order valence-corrected chi connectivity index (χ2v) is 18.5. The fourth-order valence-electron chi connectivity index (χ4n) is 9.73. The Morgan fingerprint density at radius 2 is 1.59 bits per heavy atom. The van der Waals surface area contributed by atoms with Gasteiger partial charge in [0.15, 0.2) is 17.5 Å². The summed E-state index contributed by atoms with van der Waals surface area (Å²) in [6, 6.07) is 14.6. The molecular formula is C47H61NO16. The summed E-state index contributed by atoms with van der Waals surface area (Å²) in [5, 5.41) is 51.6. The van der Waals surface area contributed by atoms with E-state index in [4.69, 9.17) is 23.7 Å². The molecule has 11 atom stereocenters. The number of benzene rings is 2. The molecule has 1 aliphatic heterocycles. The van der Waals surface area contributed by atoms with E-state index < -0.39 is 112 Å². The Hall–Kier alpha value is -5.20. The number of hydrogen-bond acceptors (Lipinski definition) is 16. The predicted molar refractivity (Wildman–Crippen MR) is 226 cm³/mol. The average Bonchev–Trinajstić information content (AvgIpc) is 3.23. The molecule has 2 saturated carbocycles. The van der Waals surface area contributed by atoms with Crippen LogP contribution in [-0.4, -0.2) is 123 Å². The highest BCUT2D eigenvalue weighted by Crippen LogP contribution is 2.64. The summed E-state index contributed by atoms with van der Waals surface area (Å²) in [4.78, 5) is 78.3. The third-order valence-corrected chi connectivity index (χ3v) is 13.0. The summed E-state index contributed by atoms with van der Waals surface area (Å²) < 4.78 is 33.8. The summed E-state index contributed by atoms with van der Waals surface area (Å²) >= 11 is 0. The largest absolute Gasteiger partial charge is 0.468 e. The monoisotopic (exact) mass is 895 g/mol. The molecular weight excluding hydrogens is 835 g/mol. The van der Waals surface area contributed by atoms with Crippen molar-refractivity contribution in [2.75, 3.05) is 13.2 Å². The lowest BCUT2D eigenvalue weighted by Gasteiger charge is -2.67. The first-order valence-corrected chi connectivity index (χ1v) is 21.3. The second kappa shape index (κ2) is 19.1. The highest BCUT2D eigenvalue weighted by Gasteiger charge is 2.78. The van der Waals surface area contributed by atoms with Gasteiger partial charge in [-0.2, -0.15) is 0 Å². The minimum atomic E-state index is -2.35. The zero-order chi connectivity index (χ0) is 47.6. The lowest BCUT2D eigenvalue weighted by Crippen LogP contribution is -2.81. The van der Waals surface area contributed by atoms with Crippen molar-refractivity contribution in [1.29, 1.82) is 0 Å². The van der Waals surface area contributed by atoms with Gasteiger partial charge in [-0.05, 0) is 69.9 Å². The summed E-state index contributed by atoms with van der Waals surface area (Å²) in [7, 11) is 0. The van der Waals surface area contributed by atoms with E-state index in [-0.39, 0.29) is 29.7 Å². The van der Waals surface area contributed by atoms with Gasteiger partial charge in [-0.1, -0.05) is 69.3 Å². The van der Waals surface area contributed by atoms with Gasteiger partial charge in [-0.3, -0.25) is 14.4 Å².